The van der Waals surface area contributed by atoms with Crippen molar-refractivity contribution in [2.75, 3.05) is 27.2 Å². The maximum absolute atomic E-state index is 12.6. The largest absolute Gasteiger partial charge is 0.336 e. The van der Waals surface area contributed by atoms with E-state index < -0.39 is 0 Å². The molecule has 1 amide bonds. The lowest BCUT2D eigenvalue weighted by molar-refractivity contribution is 0.0637. The van der Waals surface area contributed by atoms with E-state index in [1.165, 1.54) is 0 Å². The highest BCUT2D eigenvalue weighted by Gasteiger charge is 2.26. The van der Waals surface area contributed by atoms with Gasteiger partial charge >= 0.3 is 0 Å². The standard InChI is InChI=1S/C15H26N4O/c1-11(2)19-12(3)9-14(16-19)15(20)18(5)13-7-6-8-17(4)10-13/h9,11,13H,6-8,10H2,1-5H3. The first kappa shape index (κ1) is 15.0. The maximum Gasteiger partial charge on any atom is 0.274 e. The second-order valence-corrected chi connectivity index (χ2v) is 6.18. The molecule has 1 saturated heterocycles. The Morgan fingerprint density at radius 3 is 2.75 bits per heavy atom. The lowest BCUT2D eigenvalue weighted by Gasteiger charge is -2.35. The summed E-state index contributed by atoms with van der Waals surface area (Å²) in [5.41, 5.74) is 1.60. The van der Waals surface area contributed by atoms with E-state index in [0.717, 1.165) is 31.6 Å². The Morgan fingerprint density at radius 2 is 2.20 bits per heavy atom. The van der Waals surface area contributed by atoms with Gasteiger partial charge in [0.15, 0.2) is 5.69 Å². The van der Waals surface area contributed by atoms with Crippen molar-refractivity contribution in [1.82, 2.24) is 19.6 Å². The van der Waals surface area contributed by atoms with Crippen molar-refractivity contribution in [2.45, 2.75) is 45.7 Å². The number of nitrogens with zero attached hydrogens (tertiary/aromatic N) is 4. The average molecular weight is 278 g/mol. The van der Waals surface area contributed by atoms with Gasteiger partial charge in [-0.15, -0.1) is 0 Å². The zero-order valence-electron chi connectivity index (χ0n) is 13.3. The van der Waals surface area contributed by atoms with Crippen molar-refractivity contribution in [2.24, 2.45) is 0 Å². The van der Waals surface area contributed by atoms with E-state index in [1.807, 2.05) is 29.6 Å². The molecule has 5 nitrogen and oxygen atoms in total. The number of carbonyl (C=O) groups is 1. The Kier molecular flexibility index (Phi) is 4.48. The molecule has 0 aromatic carbocycles. The summed E-state index contributed by atoms with van der Waals surface area (Å²) in [6.07, 6.45) is 2.23. The van der Waals surface area contributed by atoms with Crippen LogP contribution in [-0.2, 0) is 0 Å². The Labute approximate surface area is 121 Å². The third kappa shape index (κ3) is 3.03. The van der Waals surface area contributed by atoms with E-state index in [-0.39, 0.29) is 11.9 Å². The molecule has 1 unspecified atom stereocenters. The summed E-state index contributed by atoms with van der Waals surface area (Å²) in [6, 6.07) is 2.47. The summed E-state index contributed by atoms with van der Waals surface area (Å²) < 4.78 is 1.91. The van der Waals surface area contributed by atoms with Crippen molar-refractivity contribution in [1.29, 1.82) is 0 Å². The number of likely N-dealkylation sites (tertiary alicyclic amines) is 1. The number of hydrogen-bond donors (Lipinski definition) is 0. The lowest BCUT2D eigenvalue weighted by atomic mass is 10.0. The first-order chi connectivity index (χ1) is 9.40. The fourth-order valence-electron chi connectivity index (χ4n) is 2.92. The van der Waals surface area contributed by atoms with Gasteiger partial charge in [-0.3, -0.25) is 9.48 Å². The third-order valence-corrected chi connectivity index (χ3v) is 4.10. The van der Waals surface area contributed by atoms with Crippen LogP contribution in [0.1, 0.15) is 48.9 Å². The molecule has 2 heterocycles. The Balaban J connectivity index is 2.12. The van der Waals surface area contributed by atoms with Crippen LogP contribution in [0, 0.1) is 6.92 Å². The predicted molar refractivity (Wildman–Crippen MR) is 80.0 cm³/mol. The van der Waals surface area contributed by atoms with Gasteiger partial charge in [-0.05, 0) is 53.3 Å². The van der Waals surface area contributed by atoms with E-state index >= 15 is 0 Å². The highest BCUT2D eigenvalue weighted by atomic mass is 16.2. The van der Waals surface area contributed by atoms with Crippen LogP contribution in [0.15, 0.2) is 6.07 Å². The molecule has 1 aliphatic heterocycles. The number of aryl methyl sites for hydroxylation is 1. The van der Waals surface area contributed by atoms with Crippen LogP contribution in [0.25, 0.3) is 0 Å². The van der Waals surface area contributed by atoms with Gasteiger partial charge in [0.1, 0.15) is 0 Å². The number of aromatic nitrogens is 2. The molecular weight excluding hydrogens is 252 g/mol. The van der Waals surface area contributed by atoms with Crippen LogP contribution >= 0.6 is 0 Å². The number of rotatable bonds is 3. The summed E-state index contributed by atoms with van der Waals surface area (Å²) >= 11 is 0. The highest BCUT2D eigenvalue weighted by Crippen LogP contribution is 2.17. The number of carbonyl (C=O) groups excluding carboxylic acids is 1. The van der Waals surface area contributed by atoms with Crippen LogP contribution in [0.3, 0.4) is 0 Å². The van der Waals surface area contributed by atoms with Gasteiger partial charge in [0.05, 0.1) is 0 Å². The molecule has 0 aliphatic carbocycles. The molecule has 0 saturated carbocycles. The van der Waals surface area contributed by atoms with Crippen LogP contribution in [-0.4, -0.2) is 58.7 Å². The normalized spacial score (nSPS) is 20.4. The van der Waals surface area contributed by atoms with E-state index in [1.54, 1.807) is 0 Å². The van der Waals surface area contributed by atoms with Crippen molar-refractivity contribution >= 4 is 5.91 Å². The second-order valence-electron chi connectivity index (χ2n) is 6.18. The van der Waals surface area contributed by atoms with Gasteiger partial charge in [0.25, 0.3) is 5.91 Å². The first-order valence-electron chi connectivity index (χ1n) is 7.42. The molecule has 1 aliphatic rings. The predicted octanol–water partition coefficient (Wildman–Crippen LogP) is 1.94. The van der Waals surface area contributed by atoms with Gasteiger partial charge in [-0.25, -0.2) is 0 Å². The molecule has 0 bridgehead atoms. The van der Waals surface area contributed by atoms with Crippen molar-refractivity contribution in [3.8, 4) is 0 Å². The molecule has 0 N–H and O–H groups in total. The number of piperidine rings is 1. The van der Waals surface area contributed by atoms with E-state index in [0.29, 0.717) is 11.7 Å². The molecular formula is C15H26N4O. The minimum Gasteiger partial charge on any atom is -0.336 e. The summed E-state index contributed by atoms with van der Waals surface area (Å²) in [6.45, 7) is 8.23. The van der Waals surface area contributed by atoms with Gasteiger partial charge in [0, 0.05) is 31.4 Å². The highest BCUT2D eigenvalue weighted by molar-refractivity contribution is 5.92. The SMILES string of the molecule is Cc1cc(C(=O)N(C)C2CCCN(C)C2)nn1C(C)C. The molecule has 0 radical (unpaired) electrons. The Hall–Kier alpha value is -1.36. The molecule has 1 fully saturated rings. The van der Waals surface area contributed by atoms with Gasteiger partial charge in [-0.2, -0.15) is 5.10 Å². The molecule has 20 heavy (non-hydrogen) atoms. The Morgan fingerprint density at radius 1 is 1.50 bits per heavy atom. The topological polar surface area (TPSA) is 41.4 Å². The van der Waals surface area contributed by atoms with Crippen LogP contribution in [0.5, 0.6) is 0 Å². The minimum atomic E-state index is 0.0350. The smallest absolute Gasteiger partial charge is 0.274 e. The molecule has 1 aromatic rings. The summed E-state index contributed by atoms with van der Waals surface area (Å²) in [7, 11) is 4.01. The molecule has 1 aromatic heterocycles. The lowest BCUT2D eigenvalue weighted by Crippen LogP contribution is -2.47. The van der Waals surface area contributed by atoms with E-state index in [2.05, 4.69) is 30.9 Å². The van der Waals surface area contributed by atoms with Crippen molar-refractivity contribution in [3.63, 3.8) is 0 Å². The second kappa shape index (κ2) is 5.95. The average Bonchev–Trinajstić information content (AvgIpc) is 2.79. The molecule has 1 atom stereocenters. The quantitative estimate of drug-likeness (QED) is 0.848. The summed E-state index contributed by atoms with van der Waals surface area (Å²) in [4.78, 5) is 16.7. The van der Waals surface area contributed by atoms with Gasteiger partial charge < -0.3 is 9.80 Å². The fourth-order valence-corrected chi connectivity index (χ4v) is 2.92. The van der Waals surface area contributed by atoms with Crippen molar-refractivity contribution < 1.29 is 4.79 Å². The number of likely N-dealkylation sites (N-methyl/N-ethyl adjacent to an activating group) is 2. The molecule has 2 rings (SSSR count). The summed E-state index contributed by atoms with van der Waals surface area (Å²) in [5.74, 6) is 0.0350. The van der Waals surface area contributed by atoms with E-state index in [4.69, 9.17) is 0 Å². The van der Waals surface area contributed by atoms with Gasteiger partial charge in [-0.1, -0.05) is 0 Å². The monoisotopic (exact) mass is 278 g/mol. The van der Waals surface area contributed by atoms with Gasteiger partial charge in [0.2, 0.25) is 0 Å². The molecule has 112 valence electrons. The minimum absolute atomic E-state index is 0.0350. The zero-order valence-corrected chi connectivity index (χ0v) is 13.3. The number of amides is 1. The van der Waals surface area contributed by atoms with Crippen LogP contribution in [0.4, 0.5) is 0 Å². The van der Waals surface area contributed by atoms with Crippen molar-refractivity contribution in [3.05, 3.63) is 17.5 Å². The molecule has 5 heteroatoms. The third-order valence-electron chi connectivity index (χ3n) is 4.10. The number of hydrogen-bond acceptors (Lipinski definition) is 3. The van der Waals surface area contributed by atoms with E-state index in [9.17, 15) is 4.79 Å². The fraction of sp³-hybridized carbons (Fsp3) is 0.733. The Bertz CT molecular complexity index is 480. The zero-order chi connectivity index (χ0) is 14.9. The molecule has 0 spiro atoms. The van der Waals surface area contributed by atoms with Crippen LogP contribution < -0.4 is 0 Å². The van der Waals surface area contributed by atoms with Crippen LogP contribution in [0.2, 0.25) is 0 Å². The first-order valence-corrected chi connectivity index (χ1v) is 7.42. The maximum atomic E-state index is 12.6. The summed E-state index contributed by atoms with van der Waals surface area (Å²) in [5, 5.41) is 4.46.